The predicted molar refractivity (Wildman–Crippen MR) is 119 cm³/mol. The lowest BCUT2D eigenvalue weighted by molar-refractivity contribution is -0.117. The first kappa shape index (κ1) is 22.3. The largest absolute Gasteiger partial charge is 0.497 e. The minimum Gasteiger partial charge on any atom is -0.497 e. The molecule has 0 aliphatic rings. The molecule has 0 fully saturated rings. The number of aromatic nitrogens is 4. The number of methoxy groups -OCH3 is 1. The van der Waals surface area contributed by atoms with Crippen LogP contribution in [0.3, 0.4) is 0 Å². The summed E-state index contributed by atoms with van der Waals surface area (Å²) in [6, 6.07) is 14.2. The number of aryl methyl sites for hydroxylation is 1. The van der Waals surface area contributed by atoms with Crippen molar-refractivity contribution in [2.45, 2.75) is 31.3 Å². The summed E-state index contributed by atoms with van der Waals surface area (Å²) in [5.41, 5.74) is 2.62. The van der Waals surface area contributed by atoms with Gasteiger partial charge >= 0.3 is 6.03 Å². The van der Waals surface area contributed by atoms with Gasteiger partial charge in [0.05, 0.1) is 18.6 Å². The van der Waals surface area contributed by atoms with Crippen LogP contribution in [-0.2, 0) is 11.2 Å². The molecule has 0 aliphatic carbocycles. The Morgan fingerprint density at radius 1 is 1.10 bits per heavy atom. The molecule has 0 spiro atoms. The number of hydrogen-bond acceptors (Lipinski definition) is 7. The number of amides is 3. The zero-order chi connectivity index (χ0) is 22.1. The molecule has 0 saturated heterocycles. The number of unbranched alkanes of at least 4 members (excludes halogenated alkanes) is 1. The van der Waals surface area contributed by atoms with Gasteiger partial charge in [0.2, 0.25) is 11.1 Å². The number of ether oxygens (including phenoxy) is 1. The van der Waals surface area contributed by atoms with E-state index in [1.807, 2.05) is 12.1 Å². The van der Waals surface area contributed by atoms with Gasteiger partial charge in [-0.15, -0.1) is 5.10 Å². The Morgan fingerprint density at radius 3 is 2.52 bits per heavy atom. The Morgan fingerprint density at radius 2 is 1.84 bits per heavy atom. The van der Waals surface area contributed by atoms with E-state index in [0.29, 0.717) is 16.6 Å². The second-order valence-corrected chi connectivity index (χ2v) is 7.61. The molecule has 0 radical (unpaired) electrons. The number of benzene rings is 2. The van der Waals surface area contributed by atoms with E-state index in [4.69, 9.17) is 4.74 Å². The molecule has 3 aromatic rings. The van der Waals surface area contributed by atoms with Crippen molar-refractivity contribution in [1.82, 2.24) is 25.5 Å². The number of carbonyl (C=O) groups is 2. The lowest BCUT2D eigenvalue weighted by atomic mass is 10.1. The number of nitrogens with one attached hydrogen (secondary N) is 2. The van der Waals surface area contributed by atoms with E-state index in [1.165, 1.54) is 5.56 Å². The van der Waals surface area contributed by atoms with Gasteiger partial charge in [0.15, 0.2) is 0 Å². The molecule has 0 saturated carbocycles. The summed E-state index contributed by atoms with van der Waals surface area (Å²) >= 11 is 1.15. The Labute approximate surface area is 184 Å². The first-order valence-corrected chi connectivity index (χ1v) is 10.8. The van der Waals surface area contributed by atoms with Crippen molar-refractivity contribution < 1.29 is 14.3 Å². The van der Waals surface area contributed by atoms with Gasteiger partial charge in [0.1, 0.15) is 5.75 Å². The van der Waals surface area contributed by atoms with Crippen LogP contribution < -0.4 is 15.4 Å². The first-order chi connectivity index (χ1) is 15.1. The van der Waals surface area contributed by atoms with Crippen molar-refractivity contribution in [3.8, 4) is 11.4 Å². The third kappa shape index (κ3) is 6.54. The van der Waals surface area contributed by atoms with E-state index < -0.39 is 11.9 Å². The summed E-state index contributed by atoms with van der Waals surface area (Å²) in [6.45, 7) is 2.16. The highest BCUT2D eigenvalue weighted by molar-refractivity contribution is 7.99. The van der Waals surface area contributed by atoms with Gasteiger partial charge in [-0.25, -0.2) is 4.79 Å². The number of carbonyl (C=O) groups excluding carboxylic acids is 2. The van der Waals surface area contributed by atoms with E-state index in [-0.39, 0.29) is 5.75 Å². The third-order valence-corrected chi connectivity index (χ3v) is 5.29. The number of nitrogens with zero attached hydrogens (tertiary/aromatic N) is 4. The average molecular weight is 441 g/mol. The van der Waals surface area contributed by atoms with Crippen LogP contribution in [0.25, 0.3) is 5.69 Å². The van der Waals surface area contributed by atoms with Gasteiger partial charge in [-0.05, 0) is 65.2 Å². The second kappa shape index (κ2) is 11.1. The number of rotatable bonds is 9. The van der Waals surface area contributed by atoms with Gasteiger partial charge < -0.3 is 10.1 Å². The molecule has 3 rings (SSSR count). The van der Waals surface area contributed by atoms with Crippen molar-refractivity contribution in [3.63, 3.8) is 0 Å². The highest BCUT2D eigenvalue weighted by Gasteiger charge is 2.13. The van der Waals surface area contributed by atoms with Crippen LogP contribution >= 0.6 is 11.8 Å². The maximum Gasteiger partial charge on any atom is 0.325 e. The van der Waals surface area contributed by atoms with Crippen LogP contribution in [0.2, 0.25) is 0 Å². The lowest BCUT2D eigenvalue weighted by Gasteiger charge is -2.08. The minimum atomic E-state index is -0.613. The topological polar surface area (TPSA) is 111 Å². The maximum atomic E-state index is 12.1. The van der Waals surface area contributed by atoms with Crippen LogP contribution in [0.4, 0.5) is 10.5 Å². The van der Waals surface area contributed by atoms with E-state index in [2.05, 4.69) is 45.2 Å². The van der Waals surface area contributed by atoms with Crippen molar-refractivity contribution in [3.05, 3.63) is 54.1 Å². The van der Waals surface area contributed by atoms with Crippen LogP contribution in [-0.4, -0.2) is 45.0 Å². The SMILES string of the molecule is CCCCc1ccc(-n2nnnc2SCC(=O)NC(=O)Nc2ccc(OC)cc2)cc1. The molecule has 1 heterocycles. The Balaban J connectivity index is 1.51. The minimum absolute atomic E-state index is 0.00894. The number of urea groups is 1. The van der Waals surface area contributed by atoms with Crippen molar-refractivity contribution >= 4 is 29.4 Å². The quantitative estimate of drug-likeness (QED) is 0.490. The molecule has 2 aromatic carbocycles. The number of imide groups is 1. The van der Waals surface area contributed by atoms with Crippen LogP contribution in [0.5, 0.6) is 5.75 Å². The molecule has 1 aromatic heterocycles. The van der Waals surface area contributed by atoms with Crippen LogP contribution in [0.1, 0.15) is 25.3 Å². The van der Waals surface area contributed by atoms with E-state index in [1.54, 1.807) is 36.1 Å². The third-order valence-electron chi connectivity index (χ3n) is 4.37. The Hall–Kier alpha value is -3.40. The lowest BCUT2D eigenvalue weighted by Crippen LogP contribution is -2.35. The van der Waals surface area contributed by atoms with E-state index >= 15 is 0 Å². The fourth-order valence-corrected chi connectivity index (χ4v) is 3.44. The summed E-state index contributed by atoms with van der Waals surface area (Å²) < 4.78 is 6.63. The van der Waals surface area contributed by atoms with E-state index in [9.17, 15) is 9.59 Å². The normalized spacial score (nSPS) is 10.5. The van der Waals surface area contributed by atoms with Gasteiger partial charge in [-0.1, -0.05) is 37.2 Å². The van der Waals surface area contributed by atoms with Crippen molar-refractivity contribution in [2.24, 2.45) is 0 Å². The number of tetrazole rings is 1. The molecule has 162 valence electrons. The van der Waals surface area contributed by atoms with Gasteiger partial charge in [0, 0.05) is 5.69 Å². The van der Waals surface area contributed by atoms with Gasteiger partial charge in [-0.3, -0.25) is 10.1 Å². The highest BCUT2D eigenvalue weighted by atomic mass is 32.2. The summed E-state index contributed by atoms with van der Waals surface area (Å²) in [7, 11) is 1.56. The molecular formula is C21H24N6O3S. The smallest absolute Gasteiger partial charge is 0.325 e. The van der Waals surface area contributed by atoms with Crippen LogP contribution in [0.15, 0.2) is 53.7 Å². The summed E-state index contributed by atoms with van der Waals surface area (Å²) in [4.78, 5) is 24.1. The molecule has 9 nitrogen and oxygen atoms in total. The molecular weight excluding hydrogens is 416 g/mol. The monoisotopic (exact) mass is 440 g/mol. The fourth-order valence-electron chi connectivity index (χ4n) is 2.75. The molecule has 0 aliphatic heterocycles. The number of anilines is 1. The molecule has 0 unspecified atom stereocenters. The molecule has 0 atom stereocenters. The fraction of sp³-hybridized carbons (Fsp3) is 0.286. The van der Waals surface area contributed by atoms with Gasteiger partial charge in [-0.2, -0.15) is 4.68 Å². The molecule has 0 bridgehead atoms. The maximum absolute atomic E-state index is 12.1. The zero-order valence-corrected chi connectivity index (χ0v) is 18.2. The highest BCUT2D eigenvalue weighted by Crippen LogP contribution is 2.19. The second-order valence-electron chi connectivity index (χ2n) is 6.66. The van der Waals surface area contributed by atoms with Crippen molar-refractivity contribution in [2.75, 3.05) is 18.2 Å². The Kier molecular flexibility index (Phi) is 7.99. The predicted octanol–water partition coefficient (Wildman–Crippen LogP) is 3.45. The first-order valence-electron chi connectivity index (χ1n) is 9.84. The van der Waals surface area contributed by atoms with Crippen molar-refractivity contribution in [1.29, 1.82) is 0 Å². The number of hydrogen-bond donors (Lipinski definition) is 2. The van der Waals surface area contributed by atoms with Crippen LogP contribution in [0, 0.1) is 0 Å². The standard InChI is InChI=1S/C21H24N6O3S/c1-3-4-5-15-6-10-17(11-7-15)27-21(24-25-26-27)31-14-19(28)23-20(29)22-16-8-12-18(30-2)13-9-16/h6-13H,3-5,14H2,1-2H3,(H2,22,23,28,29). The number of thioether (sulfide) groups is 1. The molecule has 31 heavy (non-hydrogen) atoms. The Bertz CT molecular complexity index is 1000. The van der Waals surface area contributed by atoms with E-state index in [0.717, 1.165) is 36.7 Å². The molecule has 3 amide bonds. The summed E-state index contributed by atoms with van der Waals surface area (Å²) in [5.74, 6) is 0.206. The summed E-state index contributed by atoms with van der Waals surface area (Å²) in [5, 5.41) is 17.0. The summed E-state index contributed by atoms with van der Waals surface area (Å²) in [6.07, 6.45) is 3.33. The zero-order valence-electron chi connectivity index (χ0n) is 17.4. The van der Waals surface area contributed by atoms with Gasteiger partial charge in [0.25, 0.3) is 0 Å². The molecule has 2 N–H and O–H groups in total. The average Bonchev–Trinajstić information content (AvgIpc) is 3.26. The molecule has 10 heteroatoms.